The first-order chi connectivity index (χ1) is 14.3. The lowest BCUT2D eigenvalue weighted by atomic mass is 9.96. The first-order valence-corrected chi connectivity index (χ1v) is 9.27. The van der Waals surface area contributed by atoms with Crippen LogP contribution in [0.15, 0.2) is 24.3 Å². The smallest absolute Gasteiger partial charge is 0.368 e. The number of carbonyl (C=O) groups excluding carboxylic acids is 1. The molecule has 2 heterocycles. The molecule has 0 unspecified atom stereocenters. The molecule has 168 valence electrons. The van der Waals surface area contributed by atoms with E-state index >= 15 is 0 Å². The second kappa shape index (κ2) is 8.23. The maximum atomic E-state index is 12.9. The molecule has 1 fully saturated rings. The predicted molar refractivity (Wildman–Crippen MR) is 99.5 cm³/mol. The average molecular weight is 447 g/mol. The third-order valence-corrected chi connectivity index (χ3v) is 5.01. The quantitative estimate of drug-likeness (QED) is 0.573. The van der Waals surface area contributed by atoms with Crippen molar-refractivity contribution >= 4 is 17.9 Å². The van der Waals surface area contributed by atoms with Crippen LogP contribution in [-0.2, 0) is 24.2 Å². The van der Waals surface area contributed by atoms with E-state index in [2.05, 4.69) is 10.1 Å². The van der Waals surface area contributed by atoms with E-state index in [1.165, 1.54) is 9.58 Å². The van der Waals surface area contributed by atoms with Crippen LogP contribution in [0.1, 0.15) is 41.3 Å². The van der Waals surface area contributed by atoms with Crippen LogP contribution < -0.4 is 5.73 Å². The molecular weight excluding hydrogens is 428 g/mol. The summed E-state index contributed by atoms with van der Waals surface area (Å²) in [6.45, 7) is 0.699. The van der Waals surface area contributed by atoms with E-state index in [0.717, 1.165) is 12.2 Å². The number of amides is 1. The lowest BCUT2D eigenvalue weighted by molar-refractivity contribution is -0.143. The summed E-state index contributed by atoms with van der Waals surface area (Å²) in [5.74, 6) is 0.356. The number of hydrogen-bond donors (Lipinski definition) is 1. The van der Waals surface area contributed by atoms with Gasteiger partial charge < -0.3 is 10.6 Å². The summed E-state index contributed by atoms with van der Waals surface area (Å²) in [5.41, 5.74) is 2.44. The summed E-state index contributed by atoms with van der Waals surface area (Å²) in [7, 11) is 1.66. The van der Waals surface area contributed by atoms with Crippen LogP contribution in [0.4, 0.5) is 32.3 Å². The Bertz CT molecular complexity index is 935. The SMILES string of the molecule is Cn1nc(C2CCN(C(=O)/C=C/c3cc(C(F)(F)F)cc(C(F)(F)F)c3)CC2)nc1N. The standard InChI is InChI=1S/C19H19F6N5O/c1-29-17(26)27-16(28-29)12-4-6-30(7-5-12)15(31)3-2-11-8-13(18(20,21)22)10-14(9-11)19(23,24)25/h2-3,8-10,12H,4-7H2,1H3,(H2,26,27,28)/b3-2+. The number of nitrogen functional groups attached to an aromatic ring is 1. The number of aromatic nitrogens is 3. The van der Waals surface area contributed by atoms with E-state index in [1.807, 2.05) is 0 Å². The van der Waals surface area contributed by atoms with Crippen molar-refractivity contribution in [2.45, 2.75) is 31.1 Å². The van der Waals surface area contributed by atoms with Gasteiger partial charge in [-0.1, -0.05) is 0 Å². The fraction of sp³-hybridized carbons (Fsp3) is 0.421. The van der Waals surface area contributed by atoms with Crippen LogP contribution in [0.5, 0.6) is 0 Å². The number of carbonyl (C=O) groups is 1. The van der Waals surface area contributed by atoms with Crippen LogP contribution in [0.25, 0.3) is 6.08 Å². The molecule has 1 saturated heterocycles. The molecule has 0 aliphatic carbocycles. The normalized spacial score (nSPS) is 16.3. The van der Waals surface area contributed by atoms with Gasteiger partial charge in [-0.3, -0.25) is 4.79 Å². The molecule has 0 spiro atoms. The monoisotopic (exact) mass is 447 g/mol. The Hall–Kier alpha value is -3.05. The van der Waals surface area contributed by atoms with Crippen LogP contribution in [-0.4, -0.2) is 38.7 Å². The first-order valence-electron chi connectivity index (χ1n) is 9.27. The van der Waals surface area contributed by atoms with Gasteiger partial charge in [0.15, 0.2) is 5.82 Å². The van der Waals surface area contributed by atoms with Crippen molar-refractivity contribution in [1.29, 1.82) is 0 Å². The first kappa shape index (κ1) is 22.6. The van der Waals surface area contributed by atoms with E-state index in [4.69, 9.17) is 5.73 Å². The Morgan fingerprint density at radius 1 is 1.06 bits per heavy atom. The second-order valence-corrected chi connectivity index (χ2v) is 7.22. The Morgan fingerprint density at radius 3 is 2.06 bits per heavy atom. The molecule has 0 saturated carbocycles. The largest absolute Gasteiger partial charge is 0.416 e. The number of aryl methyl sites for hydroxylation is 1. The Labute approximate surface area is 173 Å². The van der Waals surface area contributed by atoms with E-state index in [1.54, 1.807) is 7.05 Å². The van der Waals surface area contributed by atoms with Crippen molar-refractivity contribution in [3.63, 3.8) is 0 Å². The summed E-state index contributed by atoms with van der Waals surface area (Å²) in [6.07, 6.45) is -6.83. The number of anilines is 1. The van der Waals surface area contributed by atoms with Gasteiger partial charge in [0.25, 0.3) is 0 Å². The minimum Gasteiger partial charge on any atom is -0.368 e. The van der Waals surface area contributed by atoms with Gasteiger partial charge in [-0.2, -0.15) is 36.4 Å². The number of rotatable bonds is 3. The summed E-state index contributed by atoms with van der Waals surface area (Å²) < 4.78 is 79.1. The highest BCUT2D eigenvalue weighted by molar-refractivity contribution is 5.91. The molecule has 1 aromatic heterocycles. The Balaban J connectivity index is 1.70. The van der Waals surface area contributed by atoms with Crippen molar-refractivity contribution in [2.75, 3.05) is 18.8 Å². The van der Waals surface area contributed by atoms with Gasteiger partial charge in [0, 0.05) is 32.1 Å². The predicted octanol–water partition coefficient (Wildman–Crippen LogP) is 3.85. The number of likely N-dealkylation sites (tertiary alicyclic amines) is 1. The molecule has 1 aromatic carbocycles. The lowest BCUT2D eigenvalue weighted by Crippen LogP contribution is -2.37. The fourth-order valence-corrected chi connectivity index (χ4v) is 3.30. The highest BCUT2D eigenvalue weighted by atomic mass is 19.4. The van der Waals surface area contributed by atoms with Crippen molar-refractivity contribution in [3.05, 3.63) is 46.8 Å². The molecule has 6 nitrogen and oxygen atoms in total. The van der Waals surface area contributed by atoms with Gasteiger partial charge in [-0.15, -0.1) is 0 Å². The number of hydrogen-bond acceptors (Lipinski definition) is 4. The van der Waals surface area contributed by atoms with Crippen molar-refractivity contribution in [1.82, 2.24) is 19.7 Å². The molecule has 2 aromatic rings. The Morgan fingerprint density at radius 2 is 1.61 bits per heavy atom. The zero-order valence-corrected chi connectivity index (χ0v) is 16.3. The van der Waals surface area contributed by atoms with E-state index in [-0.39, 0.29) is 23.5 Å². The average Bonchev–Trinajstić information content (AvgIpc) is 3.03. The maximum absolute atomic E-state index is 12.9. The van der Waals surface area contributed by atoms with E-state index < -0.39 is 29.4 Å². The van der Waals surface area contributed by atoms with Gasteiger partial charge in [-0.25, -0.2) is 4.68 Å². The lowest BCUT2D eigenvalue weighted by Gasteiger charge is -2.30. The number of halogens is 6. The van der Waals surface area contributed by atoms with Gasteiger partial charge in [0.2, 0.25) is 11.9 Å². The van der Waals surface area contributed by atoms with Gasteiger partial charge >= 0.3 is 12.4 Å². The minimum atomic E-state index is -4.95. The van der Waals surface area contributed by atoms with Crippen LogP contribution in [0.3, 0.4) is 0 Å². The molecule has 0 atom stereocenters. The molecule has 0 radical (unpaired) electrons. The summed E-state index contributed by atoms with van der Waals surface area (Å²) in [5, 5.41) is 4.22. The van der Waals surface area contributed by atoms with Crippen molar-refractivity contribution in [2.24, 2.45) is 7.05 Å². The van der Waals surface area contributed by atoms with Gasteiger partial charge in [0.05, 0.1) is 11.1 Å². The van der Waals surface area contributed by atoms with Gasteiger partial charge in [-0.05, 0) is 42.7 Å². The summed E-state index contributed by atoms with van der Waals surface area (Å²) in [4.78, 5) is 18.0. The van der Waals surface area contributed by atoms with Gasteiger partial charge in [0.1, 0.15) is 0 Å². The third kappa shape index (κ3) is 5.36. The molecule has 1 aliphatic heterocycles. The van der Waals surface area contributed by atoms with Crippen molar-refractivity contribution < 1.29 is 31.1 Å². The molecule has 3 rings (SSSR count). The maximum Gasteiger partial charge on any atom is 0.416 e. The second-order valence-electron chi connectivity index (χ2n) is 7.22. The van der Waals surface area contributed by atoms with Crippen molar-refractivity contribution in [3.8, 4) is 0 Å². The molecule has 31 heavy (non-hydrogen) atoms. The number of benzene rings is 1. The number of nitrogens with two attached hydrogens (primary N) is 1. The molecule has 2 N–H and O–H groups in total. The summed E-state index contributed by atoms with van der Waals surface area (Å²) in [6, 6.07) is 1.19. The van der Waals surface area contributed by atoms with Crippen LogP contribution in [0, 0.1) is 0 Å². The molecule has 12 heteroatoms. The number of piperidine rings is 1. The zero-order chi connectivity index (χ0) is 23.0. The fourth-order valence-electron chi connectivity index (χ4n) is 3.30. The summed E-state index contributed by atoms with van der Waals surface area (Å²) >= 11 is 0. The molecule has 1 aliphatic rings. The third-order valence-electron chi connectivity index (χ3n) is 5.01. The number of nitrogens with zero attached hydrogens (tertiary/aromatic N) is 4. The molecule has 0 bridgehead atoms. The highest BCUT2D eigenvalue weighted by Crippen LogP contribution is 2.36. The highest BCUT2D eigenvalue weighted by Gasteiger charge is 2.36. The van der Waals surface area contributed by atoms with E-state index in [9.17, 15) is 31.1 Å². The molecule has 1 amide bonds. The molecular formula is C19H19F6N5O. The van der Waals surface area contributed by atoms with E-state index in [0.29, 0.717) is 43.9 Å². The van der Waals surface area contributed by atoms with Crippen LogP contribution >= 0.6 is 0 Å². The Kier molecular flexibility index (Phi) is 6.01. The zero-order valence-electron chi connectivity index (χ0n) is 16.3. The minimum absolute atomic E-state index is 0.00865. The number of alkyl halides is 6. The topological polar surface area (TPSA) is 77.0 Å². The van der Waals surface area contributed by atoms with Crippen LogP contribution in [0.2, 0.25) is 0 Å².